The molecule has 0 amide bonds. The third-order valence-corrected chi connectivity index (χ3v) is 5.46. The van der Waals surface area contributed by atoms with E-state index < -0.39 is 9.84 Å². The van der Waals surface area contributed by atoms with Crippen LogP contribution in [0.3, 0.4) is 0 Å². The molecule has 0 saturated heterocycles. The summed E-state index contributed by atoms with van der Waals surface area (Å²) >= 11 is 0. The summed E-state index contributed by atoms with van der Waals surface area (Å²) in [5, 5.41) is 0. The first-order valence-electron chi connectivity index (χ1n) is 6.92. The molecule has 0 aliphatic rings. The molecule has 0 saturated carbocycles. The fraction of sp³-hybridized carbons (Fsp3) is 0.250. The van der Waals surface area contributed by atoms with Crippen molar-refractivity contribution in [3.8, 4) is 0 Å². The van der Waals surface area contributed by atoms with Crippen LogP contribution >= 0.6 is 0 Å². The van der Waals surface area contributed by atoms with Crippen molar-refractivity contribution < 1.29 is 8.42 Å². The first-order chi connectivity index (χ1) is 9.90. The molecule has 5 heteroatoms. The number of sulfone groups is 1. The number of rotatable bonds is 4. The summed E-state index contributed by atoms with van der Waals surface area (Å²) in [5.74, 6) is 0. The van der Waals surface area contributed by atoms with E-state index in [0.717, 1.165) is 11.1 Å². The third-order valence-electron chi connectivity index (χ3n) is 3.51. The zero-order valence-electron chi connectivity index (χ0n) is 12.3. The highest BCUT2D eigenvalue weighted by Crippen LogP contribution is 2.29. The first kappa shape index (κ1) is 15.4. The molecular formula is C16H20N2O2S. The highest BCUT2D eigenvalue weighted by Gasteiger charge is 2.23. The second-order valence-corrected chi connectivity index (χ2v) is 6.83. The van der Waals surface area contributed by atoms with E-state index in [4.69, 9.17) is 11.5 Å². The molecule has 0 radical (unpaired) electrons. The Morgan fingerprint density at radius 3 is 1.52 bits per heavy atom. The minimum atomic E-state index is -3.57. The zero-order valence-corrected chi connectivity index (χ0v) is 13.1. The van der Waals surface area contributed by atoms with Crippen LogP contribution in [0.2, 0.25) is 0 Å². The van der Waals surface area contributed by atoms with Gasteiger partial charge in [-0.15, -0.1) is 0 Å². The van der Waals surface area contributed by atoms with E-state index in [1.807, 2.05) is 13.8 Å². The largest absolute Gasteiger partial charge is 0.399 e. The fourth-order valence-electron chi connectivity index (χ4n) is 2.39. The normalized spacial score (nSPS) is 11.5. The molecule has 4 nitrogen and oxygen atoms in total. The Morgan fingerprint density at radius 2 is 1.19 bits per heavy atom. The minimum absolute atomic E-state index is 0.318. The maximum absolute atomic E-state index is 12.9. The molecule has 2 aromatic rings. The summed E-state index contributed by atoms with van der Waals surface area (Å²) in [5.41, 5.74) is 14.1. The average Bonchev–Trinajstić information content (AvgIpc) is 2.46. The van der Waals surface area contributed by atoms with Gasteiger partial charge in [0.2, 0.25) is 9.84 Å². The predicted octanol–water partition coefficient (Wildman–Crippen LogP) is 2.81. The van der Waals surface area contributed by atoms with Gasteiger partial charge in [0.1, 0.15) is 0 Å². The maximum Gasteiger partial charge on any atom is 0.207 e. The summed E-state index contributed by atoms with van der Waals surface area (Å²) in [6, 6.07) is 9.84. The molecule has 112 valence electrons. The van der Waals surface area contributed by atoms with Gasteiger partial charge in [-0.05, 0) is 60.4 Å². The Kier molecular flexibility index (Phi) is 4.23. The molecule has 0 aliphatic heterocycles. The highest BCUT2D eigenvalue weighted by atomic mass is 32.2. The lowest BCUT2D eigenvalue weighted by Crippen LogP contribution is -2.09. The van der Waals surface area contributed by atoms with Gasteiger partial charge in [-0.3, -0.25) is 0 Å². The average molecular weight is 304 g/mol. The molecule has 2 rings (SSSR count). The SMILES string of the molecule is CCc1cc(N)ccc1S(=O)(=O)c1ccc(N)cc1CC. The van der Waals surface area contributed by atoms with E-state index in [2.05, 4.69) is 0 Å². The molecule has 21 heavy (non-hydrogen) atoms. The molecule has 0 unspecified atom stereocenters. The van der Waals surface area contributed by atoms with Crippen LogP contribution in [0.5, 0.6) is 0 Å². The van der Waals surface area contributed by atoms with Crippen molar-refractivity contribution >= 4 is 21.2 Å². The Morgan fingerprint density at radius 1 is 0.810 bits per heavy atom. The Balaban J connectivity index is 2.68. The summed E-state index contributed by atoms with van der Waals surface area (Å²) in [6.07, 6.45) is 1.21. The van der Waals surface area contributed by atoms with Gasteiger partial charge in [0.05, 0.1) is 9.79 Å². The second-order valence-electron chi connectivity index (χ2n) is 4.94. The molecule has 0 spiro atoms. The van der Waals surface area contributed by atoms with Crippen molar-refractivity contribution in [1.29, 1.82) is 0 Å². The lowest BCUT2D eigenvalue weighted by Gasteiger charge is -2.13. The Bertz CT molecular complexity index is 708. The second kappa shape index (κ2) is 5.77. The van der Waals surface area contributed by atoms with Gasteiger partial charge in [-0.25, -0.2) is 8.42 Å². The topological polar surface area (TPSA) is 86.2 Å². The van der Waals surface area contributed by atoms with Crippen LogP contribution in [0.15, 0.2) is 46.2 Å². The maximum atomic E-state index is 12.9. The van der Waals surface area contributed by atoms with E-state index in [1.165, 1.54) is 0 Å². The van der Waals surface area contributed by atoms with Gasteiger partial charge in [0, 0.05) is 11.4 Å². The summed E-state index contributed by atoms with van der Waals surface area (Å²) < 4.78 is 25.9. The van der Waals surface area contributed by atoms with Gasteiger partial charge in [0.15, 0.2) is 0 Å². The third kappa shape index (κ3) is 2.88. The van der Waals surface area contributed by atoms with Crippen LogP contribution in [0.4, 0.5) is 11.4 Å². The molecule has 4 N–H and O–H groups in total. The number of aryl methyl sites for hydroxylation is 2. The van der Waals surface area contributed by atoms with E-state index >= 15 is 0 Å². The smallest absolute Gasteiger partial charge is 0.207 e. The number of anilines is 2. The Labute approximate surface area is 125 Å². The lowest BCUT2D eigenvalue weighted by atomic mass is 10.1. The van der Waals surface area contributed by atoms with Gasteiger partial charge < -0.3 is 11.5 Å². The van der Waals surface area contributed by atoms with Gasteiger partial charge in [0.25, 0.3) is 0 Å². The monoisotopic (exact) mass is 304 g/mol. The standard InChI is InChI=1S/C16H20N2O2S/c1-3-11-9-13(17)5-7-15(11)21(19,20)16-8-6-14(18)10-12(16)4-2/h5-10H,3-4,17-18H2,1-2H3. The minimum Gasteiger partial charge on any atom is -0.399 e. The van der Waals surface area contributed by atoms with Crippen LogP contribution in [-0.4, -0.2) is 8.42 Å². The summed E-state index contributed by atoms with van der Waals surface area (Å²) in [6.45, 7) is 3.83. The Hall–Kier alpha value is -2.01. The van der Waals surface area contributed by atoms with E-state index in [9.17, 15) is 8.42 Å². The number of benzene rings is 2. The van der Waals surface area contributed by atoms with Crippen molar-refractivity contribution in [3.05, 3.63) is 47.5 Å². The van der Waals surface area contributed by atoms with Crippen molar-refractivity contribution in [1.82, 2.24) is 0 Å². The zero-order chi connectivity index (χ0) is 15.6. The number of nitrogen functional groups attached to an aromatic ring is 2. The van der Waals surface area contributed by atoms with Gasteiger partial charge >= 0.3 is 0 Å². The summed E-state index contributed by atoms with van der Waals surface area (Å²) in [4.78, 5) is 0.636. The number of hydrogen-bond acceptors (Lipinski definition) is 4. The molecule has 0 bridgehead atoms. The van der Waals surface area contributed by atoms with Gasteiger partial charge in [-0.1, -0.05) is 13.8 Å². The molecular weight excluding hydrogens is 284 g/mol. The molecule has 0 atom stereocenters. The predicted molar refractivity (Wildman–Crippen MR) is 85.9 cm³/mol. The lowest BCUT2D eigenvalue weighted by molar-refractivity contribution is 0.594. The van der Waals surface area contributed by atoms with Crippen LogP contribution in [0.1, 0.15) is 25.0 Å². The van der Waals surface area contributed by atoms with E-state index in [-0.39, 0.29) is 0 Å². The van der Waals surface area contributed by atoms with Crippen LogP contribution < -0.4 is 11.5 Å². The van der Waals surface area contributed by atoms with Crippen molar-refractivity contribution in [2.75, 3.05) is 11.5 Å². The number of nitrogens with two attached hydrogens (primary N) is 2. The highest BCUT2D eigenvalue weighted by molar-refractivity contribution is 7.91. The molecule has 0 heterocycles. The van der Waals surface area contributed by atoms with Crippen molar-refractivity contribution in [2.24, 2.45) is 0 Å². The summed E-state index contributed by atoms with van der Waals surface area (Å²) in [7, 11) is -3.57. The quantitative estimate of drug-likeness (QED) is 0.850. The first-order valence-corrected chi connectivity index (χ1v) is 8.40. The molecule has 0 fully saturated rings. The van der Waals surface area contributed by atoms with Gasteiger partial charge in [-0.2, -0.15) is 0 Å². The van der Waals surface area contributed by atoms with Crippen molar-refractivity contribution in [3.63, 3.8) is 0 Å². The van der Waals surface area contributed by atoms with Crippen LogP contribution in [0, 0.1) is 0 Å². The van der Waals surface area contributed by atoms with Crippen molar-refractivity contribution in [2.45, 2.75) is 36.5 Å². The molecule has 0 aromatic heterocycles. The van der Waals surface area contributed by atoms with Crippen LogP contribution in [0.25, 0.3) is 0 Å². The fourth-order valence-corrected chi connectivity index (χ4v) is 4.22. The molecule has 2 aromatic carbocycles. The number of hydrogen-bond donors (Lipinski definition) is 2. The van der Waals surface area contributed by atoms with E-state index in [1.54, 1.807) is 36.4 Å². The van der Waals surface area contributed by atoms with Crippen LogP contribution in [-0.2, 0) is 22.7 Å². The molecule has 0 aliphatic carbocycles. The van der Waals surface area contributed by atoms with E-state index in [0.29, 0.717) is 34.0 Å².